The summed E-state index contributed by atoms with van der Waals surface area (Å²) in [6.45, 7) is 8.64. The first-order chi connectivity index (χ1) is 8.24. The molecule has 0 radical (unpaired) electrons. The van der Waals surface area contributed by atoms with Gasteiger partial charge in [0.15, 0.2) is 6.29 Å². The third-order valence-electron chi connectivity index (χ3n) is 2.76. The Kier molecular flexibility index (Phi) is 3.74. The van der Waals surface area contributed by atoms with E-state index in [-0.39, 0.29) is 6.29 Å². The van der Waals surface area contributed by atoms with Crippen molar-refractivity contribution in [2.75, 3.05) is 13.2 Å². The summed E-state index contributed by atoms with van der Waals surface area (Å²) in [7, 11) is 0. The standard InChI is InChI=1S/C14H16O3/c1-3-13(15)10(2)11-6-4-5-7-12(11)14-16-8-9-17-14/h3-7,13-15H,1-2,8-9H2. The Bertz CT molecular complexity index is 419. The summed E-state index contributed by atoms with van der Waals surface area (Å²) in [5, 5.41) is 9.75. The summed E-state index contributed by atoms with van der Waals surface area (Å²) < 4.78 is 10.9. The second-order valence-electron chi connectivity index (χ2n) is 3.87. The average molecular weight is 232 g/mol. The Morgan fingerprint density at radius 1 is 1.35 bits per heavy atom. The number of aliphatic hydroxyl groups excluding tert-OH is 1. The minimum atomic E-state index is -0.752. The van der Waals surface area contributed by atoms with Crippen LogP contribution in [0.25, 0.3) is 5.57 Å². The van der Waals surface area contributed by atoms with E-state index in [2.05, 4.69) is 13.2 Å². The Hall–Kier alpha value is -1.42. The maximum Gasteiger partial charge on any atom is 0.184 e. The zero-order valence-corrected chi connectivity index (χ0v) is 9.63. The lowest BCUT2D eigenvalue weighted by Gasteiger charge is -2.17. The van der Waals surface area contributed by atoms with Gasteiger partial charge in [0.1, 0.15) is 0 Å². The highest BCUT2D eigenvalue weighted by Crippen LogP contribution is 2.30. The fourth-order valence-corrected chi connectivity index (χ4v) is 1.83. The smallest absolute Gasteiger partial charge is 0.184 e. The van der Waals surface area contributed by atoms with Crippen LogP contribution in [0.1, 0.15) is 17.4 Å². The summed E-state index contributed by atoms with van der Waals surface area (Å²) in [6, 6.07) is 7.63. The molecule has 1 saturated heterocycles. The number of rotatable bonds is 4. The Labute approximate surface area is 101 Å². The van der Waals surface area contributed by atoms with Gasteiger partial charge in [-0.15, -0.1) is 6.58 Å². The lowest BCUT2D eigenvalue weighted by Crippen LogP contribution is -2.09. The third-order valence-corrected chi connectivity index (χ3v) is 2.76. The summed E-state index contributed by atoms with van der Waals surface area (Å²) in [5.74, 6) is 0. The van der Waals surface area contributed by atoms with E-state index in [4.69, 9.17) is 9.47 Å². The Balaban J connectivity index is 2.32. The average Bonchev–Trinajstić information content (AvgIpc) is 2.90. The van der Waals surface area contributed by atoms with Gasteiger partial charge in [0.2, 0.25) is 0 Å². The number of ether oxygens (including phenoxy) is 2. The molecule has 3 nitrogen and oxygen atoms in total. The molecule has 1 unspecified atom stereocenters. The lowest BCUT2D eigenvalue weighted by atomic mass is 9.96. The van der Waals surface area contributed by atoms with Crippen molar-refractivity contribution < 1.29 is 14.6 Å². The van der Waals surface area contributed by atoms with Crippen LogP contribution in [0.3, 0.4) is 0 Å². The molecule has 1 aromatic rings. The van der Waals surface area contributed by atoms with E-state index in [1.54, 1.807) is 0 Å². The van der Waals surface area contributed by atoms with Crippen molar-refractivity contribution in [2.45, 2.75) is 12.4 Å². The molecule has 0 amide bonds. The number of aliphatic hydroxyl groups is 1. The molecule has 2 rings (SSSR count). The van der Waals surface area contributed by atoms with E-state index in [1.807, 2.05) is 24.3 Å². The van der Waals surface area contributed by atoms with Crippen LogP contribution in [-0.4, -0.2) is 24.4 Å². The van der Waals surface area contributed by atoms with E-state index in [0.29, 0.717) is 18.8 Å². The second kappa shape index (κ2) is 5.27. The molecule has 1 fully saturated rings. The van der Waals surface area contributed by atoms with Crippen LogP contribution < -0.4 is 0 Å². The van der Waals surface area contributed by atoms with E-state index >= 15 is 0 Å². The van der Waals surface area contributed by atoms with Gasteiger partial charge in [-0.3, -0.25) is 0 Å². The zero-order chi connectivity index (χ0) is 12.3. The minimum Gasteiger partial charge on any atom is -0.384 e. The van der Waals surface area contributed by atoms with Crippen molar-refractivity contribution in [3.63, 3.8) is 0 Å². The van der Waals surface area contributed by atoms with Gasteiger partial charge in [-0.2, -0.15) is 0 Å². The molecule has 1 heterocycles. The molecular weight excluding hydrogens is 216 g/mol. The Morgan fingerprint density at radius 3 is 2.65 bits per heavy atom. The van der Waals surface area contributed by atoms with Crippen LogP contribution in [-0.2, 0) is 9.47 Å². The predicted octanol–water partition coefficient (Wildman–Crippen LogP) is 2.29. The van der Waals surface area contributed by atoms with Crippen LogP contribution in [0.2, 0.25) is 0 Å². The number of hydrogen-bond acceptors (Lipinski definition) is 3. The molecule has 1 N–H and O–H groups in total. The van der Waals surface area contributed by atoms with Gasteiger partial charge in [-0.05, 0) is 11.1 Å². The van der Waals surface area contributed by atoms with Crippen LogP contribution in [0.4, 0.5) is 0 Å². The van der Waals surface area contributed by atoms with E-state index in [0.717, 1.165) is 11.1 Å². The van der Waals surface area contributed by atoms with E-state index in [1.165, 1.54) is 6.08 Å². The van der Waals surface area contributed by atoms with Gasteiger partial charge in [-0.25, -0.2) is 0 Å². The topological polar surface area (TPSA) is 38.7 Å². The minimum absolute atomic E-state index is 0.361. The van der Waals surface area contributed by atoms with Gasteiger partial charge in [-0.1, -0.05) is 36.9 Å². The van der Waals surface area contributed by atoms with Crippen LogP contribution in [0.15, 0.2) is 43.5 Å². The third kappa shape index (κ3) is 2.47. The highest BCUT2D eigenvalue weighted by atomic mass is 16.7. The molecule has 0 aliphatic carbocycles. The summed E-state index contributed by atoms with van der Waals surface area (Å²) in [6.07, 6.45) is 0.340. The molecule has 1 aliphatic rings. The highest BCUT2D eigenvalue weighted by molar-refractivity contribution is 5.70. The molecule has 1 aliphatic heterocycles. The normalized spacial score (nSPS) is 17.9. The van der Waals surface area contributed by atoms with Crippen molar-refractivity contribution in [1.82, 2.24) is 0 Å². The molecule has 1 atom stereocenters. The zero-order valence-electron chi connectivity index (χ0n) is 9.63. The first-order valence-electron chi connectivity index (χ1n) is 5.56. The summed E-state index contributed by atoms with van der Waals surface area (Å²) in [4.78, 5) is 0. The monoisotopic (exact) mass is 232 g/mol. The van der Waals surface area contributed by atoms with Gasteiger partial charge in [0.05, 0.1) is 19.3 Å². The van der Waals surface area contributed by atoms with Gasteiger partial charge in [0, 0.05) is 5.56 Å². The van der Waals surface area contributed by atoms with Crippen molar-refractivity contribution in [3.8, 4) is 0 Å². The molecule has 17 heavy (non-hydrogen) atoms. The molecule has 0 aromatic heterocycles. The number of benzene rings is 1. The predicted molar refractivity (Wildman–Crippen MR) is 66.3 cm³/mol. The Morgan fingerprint density at radius 2 is 2.00 bits per heavy atom. The largest absolute Gasteiger partial charge is 0.384 e. The fourth-order valence-electron chi connectivity index (χ4n) is 1.83. The fraction of sp³-hybridized carbons (Fsp3) is 0.286. The first kappa shape index (κ1) is 12.0. The summed E-state index contributed by atoms with van der Waals surface area (Å²) in [5.41, 5.74) is 2.36. The van der Waals surface area contributed by atoms with Gasteiger partial charge >= 0.3 is 0 Å². The molecule has 90 valence electrons. The molecule has 0 spiro atoms. The maximum atomic E-state index is 9.75. The van der Waals surface area contributed by atoms with Gasteiger partial charge < -0.3 is 14.6 Å². The SMILES string of the molecule is C=CC(O)C(=C)c1ccccc1C1OCCO1. The molecule has 1 aromatic carbocycles. The van der Waals surface area contributed by atoms with Crippen molar-refractivity contribution in [2.24, 2.45) is 0 Å². The lowest BCUT2D eigenvalue weighted by molar-refractivity contribution is -0.0443. The first-order valence-corrected chi connectivity index (χ1v) is 5.56. The highest BCUT2D eigenvalue weighted by Gasteiger charge is 2.22. The van der Waals surface area contributed by atoms with Crippen LogP contribution >= 0.6 is 0 Å². The molecule has 0 saturated carbocycles. The van der Waals surface area contributed by atoms with E-state index in [9.17, 15) is 5.11 Å². The van der Waals surface area contributed by atoms with Crippen molar-refractivity contribution in [3.05, 3.63) is 54.6 Å². The molecular formula is C14H16O3. The van der Waals surface area contributed by atoms with Crippen LogP contribution in [0, 0.1) is 0 Å². The van der Waals surface area contributed by atoms with E-state index < -0.39 is 6.10 Å². The molecule has 0 bridgehead atoms. The quantitative estimate of drug-likeness (QED) is 0.809. The maximum absolute atomic E-state index is 9.75. The van der Waals surface area contributed by atoms with Crippen molar-refractivity contribution in [1.29, 1.82) is 0 Å². The van der Waals surface area contributed by atoms with Crippen molar-refractivity contribution >= 4 is 5.57 Å². The van der Waals surface area contributed by atoms with Gasteiger partial charge in [0.25, 0.3) is 0 Å². The second-order valence-corrected chi connectivity index (χ2v) is 3.87. The summed E-state index contributed by atoms with van der Waals surface area (Å²) >= 11 is 0. The molecule has 3 heteroatoms. The van der Waals surface area contributed by atoms with Crippen LogP contribution in [0.5, 0.6) is 0 Å². The number of hydrogen-bond donors (Lipinski definition) is 1.